The largest absolute Gasteiger partial charge is 0.484 e. The molecule has 0 aliphatic rings. The number of carbonyl (C=O) groups excluding carboxylic acids is 1. The quantitative estimate of drug-likeness (QED) is 0.504. The molecule has 0 fully saturated rings. The molecule has 0 unspecified atom stereocenters. The molecule has 1 heterocycles. The molecule has 3 aromatic rings. The Morgan fingerprint density at radius 1 is 1.04 bits per heavy atom. The van der Waals surface area contributed by atoms with Crippen molar-refractivity contribution in [2.45, 2.75) is 45.6 Å². The zero-order chi connectivity index (χ0) is 19.6. The molecule has 148 valence electrons. The van der Waals surface area contributed by atoms with Crippen LogP contribution in [0.2, 0.25) is 0 Å². The van der Waals surface area contributed by atoms with E-state index in [2.05, 4.69) is 35.0 Å². The number of para-hydroxylation sites is 3. The number of hydrogen-bond donors (Lipinski definition) is 1. The third-order valence-corrected chi connectivity index (χ3v) is 4.73. The maximum Gasteiger partial charge on any atom is 0.257 e. The van der Waals surface area contributed by atoms with Gasteiger partial charge in [-0.3, -0.25) is 4.79 Å². The summed E-state index contributed by atoms with van der Waals surface area (Å²) in [6.07, 6.45) is 5.30. The molecule has 0 aliphatic carbocycles. The number of fused-ring (bicyclic) bond motifs is 1. The summed E-state index contributed by atoms with van der Waals surface area (Å²) in [6, 6.07) is 17.7. The lowest BCUT2D eigenvalue weighted by Gasteiger charge is -2.10. The zero-order valence-corrected chi connectivity index (χ0v) is 16.6. The SMILES string of the molecule is CCCCCn1c(CCCNC(=O)COc2ccccc2)nc2ccccc21. The highest BCUT2D eigenvalue weighted by molar-refractivity contribution is 5.77. The van der Waals surface area contributed by atoms with Crippen molar-refractivity contribution >= 4 is 16.9 Å². The second-order valence-corrected chi connectivity index (χ2v) is 6.93. The van der Waals surface area contributed by atoms with Gasteiger partial charge in [-0.25, -0.2) is 4.98 Å². The van der Waals surface area contributed by atoms with Crippen LogP contribution in [0.25, 0.3) is 11.0 Å². The normalized spacial score (nSPS) is 10.9. The molecular weight excluding hydrogens is 350 g/mol. The van der Waals surface area contributed by atoms with Crippen LogP contribution in [0.3, 0.4) is 0 Å². The number of carbonyl (C=O) groups is 1. The van der Waals surface area contributed by atoms with E-state index in [9.17, 15) is 4.79 Å². The fourth-order valence-electron chi connectivity index (χ4n) is 3.28. The van der Waals surface area contributed by atoms with E-state index in [0.717, 1.165) is 37.1 Å². The van der Waals surface area contributed by atoms with Crippen LogP contribution in [0.1, 0.15) is 38.4 Å². The fourth-order valence-corrected chi connectivity index (χ4v) is 3.28. The predicted octanol–water partition coefficient (Wildman–Crippen LogP) is 4.35. The van der Waals surface area contributed by atoms with Crippen molar-refractivity contribution in [3.8, 4) is 5.75 Å². The van der Waals surface area contributed by atoms with Gasteiger partial charge in [-0.05, 0) is 37.1 Å². The van der Waals surface area contributed by atoms with Crippen LogP contribution in [0.15, 0.2) is 54.6 Å². The van der Waals surface area contributed by atoms with Gasteiger partial charge in [-0.1, -0.05) is 50.1 Å². The van der Waals surface area contributed by atoms with Crippen LogP contribution < -0.4 is 10.1 Å². The number of nitrogens with one attached hydrogen (secondary N) is 1. The lowest BCUT2D eigenvalue weighted by Crippen LogP contribution is -2.30. The highest BCUT2D eigenvalue weighted by Gasteiger charge is 2.10. The summed E-state index contributed by atoms with van der Waals surface area (Å²) in [5.41, 5.74) is 2.25. The van der Waals surface area contributed by atoms with E-state index < -0.39 is 0 Å². The number of unbranched alkanes of at least 4 members (excludes halogenated alkanes) is 2. The van der Waals surface area contributed by atoms with Crippen molar-refractivity contribution in [1.29, 1.82) is 0 Å². The van der Waals surface area contributed by atoms with E-state index in [1.54, 1.807) is 0 Å². The Hall–Kier alpha value is -2.82. The first-order valence-electron chi connectivity index (χ1n) is 10.2. The van der Waals surface area contributed by atoms with Crippen LogP contribution >= 0.6 is 0 Å². The van der Waals surface area contributed by atoms with E-state index >= 15 is 0 Å². The van der Waals surface area contributed by atoms with Crippen LogP contribution in [-0.2, 0) is 17.8 Å². The topological polar surface area (TPSA) is 56.2 Å². The molecule has 0 spiro atoms. The molecular formula is C23H29N3O2. The smallest absolute Gasteiger partial charge is 0.257 e. The van der Waals surface area contributed by atoms with Crippen LogP contribution in [0, 0.1) is 0 Å². The number of aromatic nitrogens is 2. The molecule has 3 rings (SSSR count). The standard InChI is InChI=1S/C23H29N3O2/c1-2-3-9-17-26-21-14-8-7-13-20(21)25-22(26)15-10-16-24-23(27)18-28-19-11-5-4-6-12-19/h4-8,11-14H,2-3,9-10,15-18H2,1H3,(H,24,27). The molecule has 0 atom stereocenters. The molecule has 28 heavy (non-hydrogen) atoms. The number of aryl methyl sites for hydroxylation is 2. The molecule has 5 heteroatoms. The molecule has 0 bridgehead atoms. The Kier molecular flexibility index (Phi) is 7.47. The van der Waals surface area contributed by atoms with Crippen molar-refractivity contribution in [1.82, 2.24) is 14.9 Å². The van der Waals surface area contributed by atoms with Crippen molar-refractivity contribution in [2.75, 3.05) is 13.2 Å². The number of hydrogen-bond acceptors (Lipinski definition) is 3. The first-order chi connectivity index (χ1) is 13.8. The number of nitrogens with zero attached hydrogens (tertiary/aromatic N) is 2. The molecule has 0 radical (unpaired) electrons. The van der Waals surface area contributed by atoms with Gasteiger partial charge in [0, 0.05) is 19.5 Å². The first kappa shape index (κ1) is 19.9. The number of benzene rings is 2. The Morgan fingerprint density at radius 3 is 2.64 bits per heavy atom. The highest BCUT2D eigenvalue weighted by Crippen LogP contribution is 2.18. The van der Waals surface area contributed by atoms with Gasteiger partial charge in [0.25, 0.3) is 5.91 Å². The Morgan fingerprint density at radius 2 is 1.82 bits per heavy atom. The Labute approximate surface area is 166 Å². The minimum Gasteiger partial charge on any atom is -0.484 e. The molecule has 0 saturated carbocycles. The summed E-state index contributed by atoms with van der Waals surface area (Å²) in [5.74, 6) is 1.71. The van der Waals surface area contributed by atoms with E-state index in [4.69, 9.17) is 9.72 Å². The van der Waals surface area contributed by atoms with Gasteiger partial charge in [0.1, 0.15) is 11.6 Å². The van der Waals surface area contributed by atoms with Gasteiger partial charge in [0.2, 0.25) is 0 Å². The van der Waals surface area contributed by atoms with Gasteiger partial charge in [0.15, 0.2) is 6.61 Å². The van der Waals surface area contributed by atoms with Crippen molar-refractivity contribution in [2.24, 2.45) is 0 Å². The highest BCUT2D eigenvalue weighted by atomic mass is 16.5. The number of imidazole rings is 1. The third-order valence-electron chi connectivity index (χ3n) is 4.73. The van der Waals surface area contributed by atoms with Gasteiger partial charge in [0.05, 0.1) is 11.0 Å². The summed E-state index contributed by atoms with van der Waals surface area (Å²) in [5, 5.41) is 2.93. The molecule has 1 N–H and O–H groups in total. The molecule has 1 amide bonds. The fraction of sp³-hybridized carbons (Fsp3) is 0.391. The summed E-state index contributed by atoms with van der Waals surface area (Å²) < 4.78 is 7.81. The van der Waals surface area contributed by atoms with Gasteiger partial charge in [-0.2, -0.15) is 0 Å². The summed E-state index contributed by atoms with van der Waals surface area (Å²) in [6.45, 7) is 3.88. The number of amides is 1. The molecule has 1 aromatic heterocycles. The van der Waals surface area contributed by atoms with Crippen LogP contribution in [0.4, 0.5) is 0 Å². The average molecular weight is 380 g/mol. The molecule has 0 saturated heterocycles. The lowest BCUT2D eigenvalue weighted by atomic mass is 10.2. The Balaban J connectivity index is 1.48. The van der Waals surface area contributed by atoms with Crippen molar-refractivity contribution < 1.29 is 9.53 Å². The first-order valence-corrected chi connectivity index (χ1v) is 10.2. The van der Waals surface area contributed by atoms with Gasteiger partial charge >= 0.3 is 0 Å². The minimum absolute atomic E-state index is 0.0412. The lowest BCUT2D eigenvalue weighted by molar-refractivity contribution is -0.123. The van der Waals surface area contributed by atoms with Gasteiger partial charge in [-0.15, -0.1) is 0 Å². The molecule has 2 aromatic carbocycles. The van der Waals surface area contributed by atoms with E-state index in [0.29, 0.717) is 12.3 Å². The monoisotopic (exact) mass is 379 g/mol. The molecule has 0 aliphatic heterocycles. The summed E-state index contributed by atoms with van der Waals surface area (Å²) in [4.78, 5) is 16.8. The zero-order valence-electron chi connectivity index (χ0n) is 16.6. The van der Waals surface area contributed by atoms with E-state index in [1.807, 2.05) is 36.4 Å². The van der Waals surface area contributed by atoms with Crippen molar-refractivity contribution in [3.63, 3.8) is 0 Å². The van der Waals surface area contributed by atoms with Crippen molar-refractivity contribution in [3.05, 3.63) is 60.4 Å². The summed E-state index contributed by atoms with van der Waals surface area (Å²) >= 11 is 0. The maximum atomic E-state index is 12.0. The predicted molar refractivity (Wildman–Crippen MR) is 113 cm³/mol. The van der Waals surface area contributed by atoms with E-state index in [-0.39, 0.29) is 12.5 Å². The van der Waals surface area contributed by atoms with Crippen LogP contribution in [-0.4, -0.2) is 28.6 Å². The minimum atomic E-state index is -0.0969. The second kappa shape index (κ2) is 10.5. The van der Waals surface area contributed by atoms with Crippen LogP contribution in [0.5, 0.6) is 5.75 Å². The second-order valence-electron chi connectivity index (χ2n) is 6.93. The number of rotatable bonds is 11. The number of ether oxygens (including phenoxy) is 1. The summed E-state index contributed by atoms with van der Waals surface area (Å²) in [7, 11) is 0. The maximum absolute atomic E-state index is 12.0. The van der Waals surface area contributed by atoms with E-state index in [1.165, 1.54) is 18.4 Å². The Bertz CT molecular complexity index is 874. The van der Waals surface area contributed by atoms with Gasteiger partial charge < -0.3 is 14.6 Å². The molecule has 5 nitrogen and oxygen atoms in total. The average Bonchev–Trinajstić information content (AvgIpc) is 3.08. The third kappa shape index (κ3) is 5.59.